The number of thiophene rings is 1. The Morgan fingerprint density at radius 1 is 1.00 bits per heavy atom. The van der Waals surface area contributed by atoms with E-state index >= 15 is 0 Å². The fraction of sp³-hybridized carbons (Fsp3) is 0.100. The van der Waals surface area contributed by atoms with E-state index < -0.39 is 0 Å². The summed E-state index contributed by atoms with van der Waals surface area (Å²) in [4.78, 5) is 21.7. The number of hydrogen-bond acceptors (Lipinski definition) is 6. The summed E-state index contributed by atoms with van der Waals surface area (Å²) in [5.74, 6) is -0.0625. The Labute approximate surface area is 231 Å². The van der Waals surface area contributed by atoms with E-state index in [0.29, 0.717) is 5.71 Å². The number of aryl methyl sites for hydroxylation is 1. The second kappa shape index (κ2) is 11.2. The predicted molar refractivity (Wildman–Crippen MR) is 146 cm³/mol. The van der Waals surface area contributed by atoms with Gasteiger partial charge in [-0.1, -0.05) is 53.4 Å². The van der Waals surface area contributed by atoms with Crippen molar-refractivity contribution in [3.8, 4) is 21.7 Å². The molecule has 7 heteroatoms. The van der Waals surface area contributed by atoms with E-state index in [9.17, 15) is 4.79 Å². The third kappa shape index (κ3) is 5.70. The molecule has 5 nitrogen and oxygen atoms in total. The first-order valence-electron chi connectivity index (χ1n) is 11.4. The molecule has 1 N–H and O–H groups in total. The van der Waals surface area contributed by atoms with Crippen LogP contribution in [0, 0.1) is 13.0 Å². The van der Waals surface area contributed by atoms with E-state index in [1.165, 1.54) is 30.4 Å². The van der Waals surface area contributed by atoms with Gasteiger partial charge in [0.25, 0.3) is 0 Å². The molecular weight excluding hydrogens is 661 g/mol. The van der Waals surface area contributed by atoms with E-state index in [1.807, 2.05) is 37.3 Å². The monoisotopic (exact) mass is 684 g/mol. The number of aliphatic hydroxyl groups excluding tert-OH is 1. The molecule has 0 saturated carbocycles. The largest absolute Gasteiger partial charge is 0.512 e. The minimum Gasteiger partial charge on any atom is -0.512 e. The fourth-order valence-corrected chi connectivity index (χ4v) is 5.04. The van der Waals surface area contributed by atoms with Gasteiger partial charge in [0, 0.05) is 47.5 Å². The van der Waals surface area contributed by atoms with Gasteiger partial charge < -0.3 is 9.52 Å². The molecule has 0 spiro atoms. The molecule has 0 aliphatic heterocycles. The summed E-state index contributed by atoms with van der Waals surface area (Å²) >= 11 is 1.70. The fourth-order valence-electron chi connectivity index (χ4n) is 4.00. The number of aliphatic hydroxyl groups is 1. The molecule has 187 valence electrons. The van der Waals surface area contributed by atoms with Gasteiger partial charge in [-0.05, 0) is 50.2 Å². The minimum absolute atomic E-state index is 0. The second-order valence-corrected chi connectivity index (χ2v) is 9.50. The zero-order chi connectivity index (χ0) is 25.2. The van der Waals surface area contributed by atoms with E-state index in [2.05, 4.69) is 53.5 Å². The smallest absolute Gasteiger partial charge is 0.216 e. The molecule has 37 heavy (non-hydrogen) atoms. The number of furan rings is 1. The summed E-state index contributed by atoms with van der Waals surface area (Å²) in [7, 11) is 0. The minimum atomic E-state index is -0.125. The van der Waals surface area contributed by atoms with Gasteiger partial charge >= 0.3 is 0 Å². The number of fused-ring (bicyclic) bond motifs is 4. The summed E-state index contributed by atoms with van der Waals surface area (Å²) < 4.78 is 6.13. The maximum Gasteiger partial charge on any atom is 0.216 e. The number of rotatable bonds is 3. The molecule has 0 saturated heterocycles. The molecule has 0 bridgehead atoms. The zero-order valence-corrected chi connectivity index (χ0v) is 23.6. The first-order valence-corrected chi connectivity index (χ1v) is 12.3. The van der Waals surface area contributed by atoms with Crippen molar-refractivity contribution in [1.29, 1.82) is 0 Å². The summed E-state index contributed by atoms with van der Waals surface area (Å²) in [6.07, 6.45) is 1.17. The summed E-state index contributed by atoms with van der Waals surface area (Å²) in [6, 6.07) is 28.1. The quantitative estimate of drug-likeness (QED) is 0.116. The Balaban J connectivity index is 0.000000356. The van der Waals surface area contributed by atoms with Crippen LogP contribution in [-0.4, -0.2) is 20.9 Å². The van der Waals surface area contributed by atoms with Gasteiger partial charge in [0.1, 0.15) is 4.83 Å². The van der Waals surface area contributed by atoms with Crippen LogP contribution in [0.1, 0.15) is 19.5 Å². The molecule has 6 aromatic rings. The summed E-state index contributed by atoms with van der Waals surface area (Å²) in [6.45, 7) is 4.82. The Morgan fingerprint density at radius 2 is 1.78 bits per heavy atom. The number of nitrogens with zero attached hydrogens (tertiary/aromatic N) is 2. The van der Waals surface area contributed by atoms with Gasteiger partial charge in [-0.25, -0.2) is 4.98 Å². The average molecular weight is 684 g/mol. The SMILES string of the molecule is CC(=O)/C=C(/C)O.Cc1ccc2c(n1)oc1c(-c3ccc4cc(-c5ccccc5)sc4n3)[c-]ccc12.[Ir]. The normalized spacial score (nSPS) is 11.3. The van der Waals surface area contributed by atoms with Crippen LogP contribution in [0.5, 0.6) is 0 Å². The van der Waals surface area contributed by atoms with Gasteiger partial charge in [0.2, 0.25) is 5.71 Å². The molecule has 1 radical (unpaired) electrons. The van der Waals surface area contributed by atoms with E-state index in [-0.39, 0.29) is 31.6 Å². The molecule has 6 rings (SSSR count). The number of hydrogen-bond donors (Lipinski definition) is 1. The van der Waals surface area contributed by atoms with Gasteiger partial charge in [0.05, 0.1) is 11.3 Å². The molecule has 0 fully saturated rings. The van der Waals surface area contributed by atoms with E-state index in [1.54, 1.807) is 11.3 Å². The molecule has 0 unspecified atom stereocenters. The zero-order valence-electron chi connectivity index (χ0n) is 20.4. The topological polar surface area (TPSA) is 76.2 Å². The maximum absolute atomic E-state index is 10.0. The van der Waals surface area contributed by atoms with Crippen LogP contribution in [0.2, 0.25) is 0 Å². The molecule has 4 heterocycles. The third-order valence-corrected chi connectivity index (χ3v) is 6.64. The van der Waals surface area contributed by atoms with Crippen LogP contribution >= 0.6 is 11.3 Å². The van der Waals surface area contributed by atoms with Gasteiger partial charge in [0.15, 0.2) is 5.78 Å². The number of benzene rings is 2. The van der Waals surface area contributed by atoms with Gasteiger partial charge in [-0.15, -0.1) is 29.5 Å². The average Bonchev–Trinajstić information content (AvgIpc) is 3.44. The molecule has 0 atom stereocenters. The van der Waals surface area contributed by atoms with Crippen molar-refractivity contribution in [2.24, 2.45) is 0 Å². The van der Waals surface area contributed by atoms with Gasteiger partial charge in [-0.2, -0.15) is 0 Å². The number of allylic oxidation sites excluding steroid dienone is 2. The number of carbonyl (C=O) groups is 1. The van der Waals surface area contributed by atoms with Crippen molar-refractivity contribution in [1.82, 2.24) is 9.97 Å². The van der Waals surface area contributed by atoms with Crippen LogP contribution in [0.25, 0.3) is 54.0 Å². The van der Waals surface area contributed by atoms with Crippen molar-refractivity contribution in [2.75, 3.05) is 0 Å². The van der Waals surface area contributed by atoms with E-state index in [4.69, 9.17) is 14.5 Å². The Morgan fingerprint density at radius 3 is 2.49 bits per heavy atom. The van der Waals surface area contributed by atoms with Crippen LogP contribution in [-0.2, 0) is 24.9 Å². The second-order valence-electron chi connectivity index (χ2n) is 8.47. The number of pyridine rings is 2. The van der Waals surface area contributed by atoms with Gasteiger partial charge in [-0.3, -0.25) is 9.78 Å². The van der Waals surface area contributed by atoms with Crippen molar-refractivity contribution < 1.29 is 34.4 Å². The number of ketones is 1. The predicted octanol–water partition coefficient (Wildman–Crippen LogP) is 8.07. The first kappa shape index (κ1) is 26.4. The molecule has 0 aliphatic carbocycles. The first-order chi connectivity index (χ1) is 17.4. The molecule has 2 aromatic carbocycles. The Kier molecular flexibility index (Phi) is 7.98. The Hall–Kier alpha value is -3.64. The van der Waals surface area contributed by atoms with E-state index in [0.717, 1.165) is 43.5 Å². The third-order valence-electron chi connectivity index (χ3n) is 5.55. The van der Waals surface area contributed by atoms with Crippen molar-refractivity contribution in [3.63, 3.8) is 0 Å². The summed E-state index contributed by atoms with van der Waals surface area (Å²) in [5.41, 5.74) is 5.32. The standard InChI is InChI=1S/C25H15N2OS.C5H8O2.Ir/c1-15-10-12-19-18-8-5-9-20(23(18)28-24(19)26-15)21-13-11-17-14-22(29-25(17)27-21)16-6-3-2-4-7-16;1-4(6)3-5(2)7;/h2-8,10-14H,1H3;3,6H,1-2H3;/q-1;;/b;4-3-;. The molecule has 0 aliphatic rings. The van der Waals surface area contributed by atoms with Crippen LogP contribution in [0.3, 0.4) is 0 Å². The van der Waals surface area contributed by atoms with Crippen molar-refractivity contribution >= 4 is 49.4 Å². The number of carbonyl (C=O) groups excluding carboxylic acids is 1. The molecule has 0 amide bonds. The summed E-state index contributed by atoms with van der Waals surface area (Å²) in [5, 5.41) is 11.6. The molecular formula is C30H23IrN2O3S-. The maximum atomic E-state index is 10.0. The van der Waals surface area contributed by atoms with Crippen molar-refractivity contribution in [3.05, 3.63) is 96.4 Å². The van der Waals surface area contributed by atoms with Crippen molar-refractivity contribution in [2.45, 2.75) is 20.8 Å². The van der Waals surface area contributed by atoms with Crippen LogP contribution < -0.4 is 0 Å². The molecule has 4 aromatic heterocycles. The van der Waals surface area contributed by atoms with Crippen LogP contribution in [0.4, 0.5) is 0 Å². The van der Waals surface area contributed by atoms with Crippen LogP contribution in [0.15, 0.2) is 89.0 Å². The number of aromatic nitrogens is 2. The Bertz CT molecular complexity index is 1750.